The number of para-hydroxylation sites is 1. The van der Waals surface area contributed by atoms with E-state index >= 15 is 0 Å². The molecule has 0 unspecified atom stereocenters. The van der Waals surface area contributed by atoms with Gasteiger partial charge in [-0.15, -0.1) is 11.3 Å². The molecule has 0 atom stereocenters. The Balaban J connectivity index is 1.49. The third-order valence-electron chi connectivity index (χ3n) is 5.54. The Bertz CT molecular complexity index is 1270. The van der Waals surface area contributed by atoms with Crippen molar-refractivity contribution in [2.45, 2.75) is 26.9 Å². The van der Waals surface area contributed by atoms with E-state index in [2.05, 4.69) is 22.4 Å². The van der Waals surface area contributed by atoms with Crippen LogP contribution >= 0.6 is 11.3 Å². The fourth-order valence-electron chi connectivity index (χ4n) is 3.79. The van der Waals surface area contributed by atoms with Gasteiger partial charge in [-0.3, -0.25) is 9.69 Å². The Labute approximate surface area is 191 Å². The Morgan fingerprint density at radius 3 is 2.59 bits per heavy atom. The zero-order valence-electron chi connectivity index (χ0n) is 18.4. The number of rotatable bonds is 7. The molecule has 2 aromatic carbocycles. The van der Waals surface area contributed by atoms with Gasteiger partial charge in [0, 0.05) is 12.2 Å². The van der Waals surface area contributed by atoms with Crippen LogP contribution < -0.4 is 5.32 Å². The highest BCUT2D eigenvalue weighted by Gasteiger charge is 2.20. The summed E-state index contributed by atoms with van der Waals surface area (Å²) in [6, 6.07) is 20.3. The molecule has 32 heavy (non-hydrogen) atoms. The third kappa shape index (κ3) is 4.57. The molecule has 7 heteroatoms. The summed E-state index contributed by atoms with van der Waals surface area (Å²) in [5, 5.41) is 13.7. The number of benzene rings is 2. The van der Waals surface area contributed by atoms with Crippen LogP contribution in [-0.4, -0.2) is 34.0 Å². The number of anilines is 1. The predicted octanol–water partition coefficient (Wildman–Crippen LogP) is 4.71. The van der Waals surface area contributed by atoms with Crippen LogP contribution in [0.25, 0.3) is 10.2 Å². The number of nitrogens with zero attached hydrogens (tertiary/aromatic N) is 4. The number of likely N-dealkylation sites (N-methyl/N-ethyl adjacent to an activating group) is 1. The lowest BCUT2D eigenvalue weighted by Gasteiger charge is -2.17. The van der Waals surface area contributed by atoms with Gasteiger partial charge in [-0.25, -0.2) is 4.98 Å². The van der Waals surface area contributed by atoms with Gasteiger partial charge in [0.2, 0.25) is 5.91 Å². The summed E-state index contributed by atoms with van der Waals surface area (Å²) in [6.45, 7) is 5.28. The number of aromatic nitrogens is 2. The molecule has 2 heterocycles. The van der Waals surface area contributed by atoms with Crippen LogP contribution in [0.15, 0.2) is 54.6 Å². The van der Waals surface area contributed by atoms with Crippen LogP contribution in [0.5, 0.6) is 0 Å². The number of amides is 1. The first kappa shape index (κ1) is 21.8. The average molecular weight is 444 g/mol. The molecule has 0 spiro atoms. The first-order valence-corrected chi connectivity index (χ1v) is 11.2. The zero-order chi connectivity index (χ0) is 22.7. The van der Waals surface area contributed by atoms with E-state index < -0.39 is 0 Å². The van der Waals surface area contributed by atoms with E-state index in [0.29, 0.717) is 24.5 Å². The summed E-state index contributed by atoms with van der Waals surface area (Å²) < 4.78 is 3.15. The van der Waals surface area contributed by atoms with Gasteiger partial charge in [0.05, 0.1) is 28.9 Å². The van der Waals surface area contributed by atoms with Crippen molar-refractivity contribution in [1.82, 2.24) is 14.5 Å². The fourth-order valence-corrected chi connectivity index (χ4v) is 4.83. The summed E-state index contributed by atoms with van der Waals surface area (Å²) in [7, 11) is 1.90. The Morgan fingerprint density at radius 1 is 1.16 bits per heavy atom. The molecule has 6 nitrogen and oxygen atoms in total. The third-order valence-corrected chi connectivity index (χ3v) is 6.56. The van der Waals surface area contributed by atoms with E-state index in [-0.39, 0.29) is 12.5 Å². The number of fused-ring (bicyclic) bond motifs is 1. The molecule has 0 fully saturated rings. The van der Waals surface area contributed by atoms with Crippen molar-refractivity contribution < 1.29 is 4.79 Å². The number of hydrogen-bond acceptors (Lipinski definition) is 5. The first-order valence-electron chi connectivity index (χ1n) is 10.4. The molecule has 0 bridgehead atoms. The molecular formula is C25H25N5OS. The lowest BCUT2D eigenvalue weighted by atomic mass is 10.2. The first-order chi connectivity index (χ1) is 15.5. The van der Waals surface area contributed by atoms with Crippen LogP contribution in [-0.2, 0) is 17.9 Å². The smallest absolute Gasteiger partial charge is 0.239 e. The van der Waals surface area contributed by atoms with E-state index in [9.17, 15) is 10.1 Å². The van der Waals surface area contributed by atoms with Gasteiger partial charge in [-0.05, 0) is 44.2 Å². The van der Waals surface area contributed by atoms with Crippen molar-refractivity contribution in [2.24, 2.45) is 0 Å². The number of thiazole rings is 1. The molecular weight excluding hydrogens is 418 g/mol. The minimum Gasteiger partial charge on any atom is -0.326 e. The molecule has 162 valence electrons. The van der Waals surface area contributed by atoms with Gasteiger partial charge in [-0.2, -0.15) is 5.26 Å². The monoisotopic (exact) mass is 443 g/mol. The highest BCUT2D eigenvalue weighted by atomic mass is 32.1. The molecule has 0 aliphatic rings. The van der Waals surface area contributed by atoms with Crippen molar-refractivity contribution in [2.75, 3.05) is 18.9 Å². The number of nitriles is 1. The van der Waals surface area contributed by atoms with Crippen molar-refractivity contribution in [3.8, 4) is 6.07 Å². The molecule has 0 saturated carbocycles. The van der Waals surface area contributed by atoms with Gasteiger partial charge in [-0.1, -0.05) is 42.5 Å². The maximum atomic E-state index is 12.9. The highest BCUT2D eigenvalue weighted by molar-refractivity contribution is 7.18. The van der Waals surface area contributed by atoms with Gasteiger partial charge in [0.15, 0.2) is 0 Å². The SMILES string of the molecule is Cc1c(C#N)c(NC(=O)CN(C)Cc2nc3ccccc3s2)n(Cc2ccccc2)c1C. The van der Waals surface area contributed by atoms with Crippen molar-refractivity contribution in [1.29, 1.82) is 5.26 Å². The molecule has 1 N–H and O–H groups in total. The normalized spacial score (nSPS) is 11.1. The second-order valence-electron chi connectivity index (χ2n) is 7.91. The van der Waals surface area contributed by atoms with E-state index in [1.54, 1.807) is 11.3 Å². The van der Waals surface area contributed by atoms with Crippen molar-refractivity contribution in [3.05, 3.63) is 82.0 Å². The Hall–Kier alpha value is -3.47. The van der Waals surface area contributed by atoms with Crippen molar-refractivity contribution in [3.63, 3.8) is 0 Å². The number of hydrogen-bond donors (Lipinski definition) is 1. The predicted molar refractivity (Wildman–Crippen MR) is 129 cm³/mol. The molecule has 4 rings (SSSR count). The highest BCUT2D eigenvalue weighted by Crippen LogP contribution is 2.27. The van der Waals surface area contributed by atoms with Crippen LogP contribution in [0.4, 0.5) is 5.82 Å². The summed E-state index contributed by atoms with van der Waals surface area (Å²) >= 11 is 1.64. The van der Waals surface area contributed by atoms with Gasteiger partial charge >= 0.3 is 0 Å². The minimum absolute atomic E-state index is 0.156. The summed E-state index contributed by atoms with van der Waals surface area (Å²) in [4.78, 5) is 19.5. The second-order valence-corrected chi connectivity index (χ2v) is 9.03. The molecule has 0 aliphatic carbocycles. The largest absolute Gasteiger partial charge is 0.326 e. The minimum atomic E-state index is -0.156. The van der Waals surface area contributed by atoms with Crippen LogP contribution in [0.2, 0.25) is 0 Å². The van der Waals surface area contributed by atoms with E-state index in [1.807, 2.05) is 78.9 Å². The van der Waals surface area contributed by atoms with E-state index in [1.165, 1.54) is 0 Å². The quantitative estimate of drug-likeness (QED) is 0.449. The fraction of sp³-hybridized carbons (Fsp3) is 0.240. The zero-order valence-corrected chi connectivity index (χ0v) is 19.2. The van der Waals surface area contributed by atoms with Crippen LogP contribution in [0.1, 0.15) is 27.4 Å². The standard InChI is InChI=1S/C25H25N5OS/c1-17-18(2)30(14-19-9-5-4-6-10-19)25(20(17)13-26)28-23(31)15-29(3)16-24-27-21-11-7-8-12-22(21)32-24/h4-12H,14-16H2,1-3H3,(H,28,31). The Kier molecular flexibility index (Phi) is 6.35. The molecule has 4 aromatic rings. The molecule has 2 aromatic heterocycles. The Morgan fingerprint density at radius 2 is 1.88 bits per heavy atom. The second kappa shape index (κ2) is 9.35. The maximum Gasteiger partial charge on any atom is 0.239 e. The summed E-state index contributed by atoms with van der Waals surface area (Å²) in [6.07, 6.45) is 0. The maximum absolute atomic E-state index is 12.9. The summed E-state index contributed by atoms with van der Waals surface area (Å²) in [5.74, 6) is 0.404. The summed E-state index contributed by atoms with van der Waals surface area (Å²) in [5.41, 5.74) is 4.47. The van der Waals surface area contributed by atoms with Gasteiger partial charge in [0.25, 0.3) is 0 Å². The molecule has 0 radical (unpaired) electrons. The van der Waals surface area contributed by atoms with E-state index in [4.69, 9.17) is 0 Å². The molecule has 0 aliphatic heterocycles. The van der Waals surface area contributed by atoms with Gasteiger partial charge < -0.3 is 9.88 Å². The molecule has 0 saturated heterocycles. The van der Waals surface area contributed by atoms with Crippen LogP contribution in [0, 0.1) is 25.2 Å². The molecule has 1 amide bonds. The lowest BCUT2D eigenvalue weighted by Crippen LogP contribution is -2.30. The topological polar surface area (TPSA) is 74.0 Å². The number of nitrogens with one attached hydrogen (secondary N) is 1. The van der Waals surface area contributed by atoms with E-state index in [0.717, 1.165) is 32.0 Å². The number of carbonyl (C=O) groups excluding carboxylic acids is 1. The number of carbonyl (C=O) groups is 1. The van der Waals surface area contributed by atoms with Gasteiger partial charge in [0.1, 0.15) is 16.9 Å². The van der Waals surface area contributed by atoms with Crippen LogP contribution in [0.3, 0.4) is 0 Å². The lowest BCUT2D eigenvalue weighted by molar-refractivity contribution is -0.117. The average Bonchev–Trinajstić information content (AvgIpc) is 3.27. The van der Waals surface area contributed by atoms with Crippen molar-refractivity contribution >= 4 is 33.3 Å².